The van der Waals surface area contributed by atoms with Crippen LogP contribution in [0, 0.1) is 15.5 Å². The zero-order valence-electron chi connectivity index (χ0n) is 25.1. The molecule has 0 aromatic heterocycles. The predicted molar refractivity (Wildman–Crippen MR) is 163 cm³/mol. The normalized spacial score (nSPS) is 10.9. The molecule has 0 radical (unpaired) electrons. The zero-order chi connectivity index (χ0) is 34.1. The van der Waals surface area contributed by atoms with E-state index < -0.39 is 39.5 Å². The van der Waals surface area contributed by atoms with Crippen LogP contribution in [-0.2, 0) is 11.5 Å². The molecule has 0 saturated carbocycles. The Balaban J connectivity index is 1.23. The minimum Gasteiger partial charge on any atom is -0.508 e. The maximum absolute atomic E-state index is 12.6. The van der Waals surface area contributed by atoms with Crippen LogP contribution in [0.1, 0.15) is 50.5 Å². The van der Waals surface area contributed by atoms with Gasteiger partial charge in [0.05, 0.1) is 34.8 Å². The third-order valence-electron chi connectivity index (χ3n) is 6.47. The Hall–Kier alpha value is -6.15. The van der Waals surface area contributed by atoms with Crippen molar-refractivity contribution in [3.63, 3.8) is 0 Å². The van der Waals surface area contributed by atoms with Gasteiger partial charge in [-0.3, -0.25) is 10.1 Å². The molecule has 0 aliphatic carbocycles. The number of phenols is 1. The number of nitro benzene ring substituents is 1. The number of carboxylic acid groups (broad SMARTS) is 2. The topological polar surface area (TPSA) is 201 Å². The second kappa shape index (κ2) is 14.8. The van der Waals surface area contributed by atoms with Crippen molar-refractivity contribution < 1.29 is 58.6 Å². The number of rotatable bonds is 15. The van der Waals surface area contributed by atoms with Crippen LogP contribution < -0.4 is 19.1 Å². The van der Waals surface area contributed by atoms with E-state index in [0.717, 1.165) is 24.3 Å². The molecular formula is C33H29NO13. The van der Waals surface area contributed by atoms with Crippen molar-refractivity contribution >= 4 is 23.6 Å². The summed E-state index contributed by atoms with van der Waals surface area (Å²) in [7, 11) is 0. The molecule has 0 aliphatic heterocycles. The lowest BCUT2D eigenvalue weighted by Crippen LogP contribution is -2.28. The number of esters is 1. The second-order valence-electron chi connectivity index (χ2n) is 10.9. The van der Waals surface area contributed by atoms with Gasteiger partial charge >= 0.3 is 17.9 Å². The fraction of sp³-hybridized carbons (Fsp3) is 0.182. The van der Waals surface area contributed by atoms with Crippen LogP contribution in [0.5, 0.6) is 28.7 Å². The van der Waals surface area contributed by atoms with Gasteiger partial charge in [0, 0.05) is 17.5 Å². The number of aromatic carboxylic acids is 2. The molecule has 4 aromatic rings. The Kier molecular flexibility index (Phi) is 10.6. The number of carbonyl (C=O) groups is 3. The minimum atomic E-state index is -1.51. The highest BCUT2D eigenvalue weighted by atomic mass is 17.2. The van der Waals surface area contributed by atoms with E-state index in [0.29, 0.717) is 29.4 Å². The van der Waals surface area contributed by atoms with E-state index >= 15 is 0 Å². The third kappa shape index (κ3) is 9.42. The van der Waals surface area contributed by atoms with Gasteiger partial charge in [0.1, 0.15) is 29.6 Å². The Morgan fingerprint density at radius 3 is 1.83 bits per heavy atom. The average Bonchev–Trinajstić information content (AvgIpc) is 3.04. The Morgan fingerprint density at radius 2 is 1.28 bits per heavy atom. The fourth-order valence-electron chi connectivity index (χ4n) is 4.01. The SMILES string of the molecule is CC(C)(COc1ccc(OOCc2ccc(O)cc2C(=O)O)cc1)COc1ccc(OC(=O)c2ccc([N+](=O)[O-])cc2C(=O)O)cc1. The number of nitrogens with zero attached hydrogens (tertiary/aromatic N) is 1. The number of carbonyl (C=O) groups excluding carboxylic acids is 1. The first-order valence-corrected chi connectivity index (χ1v) is 13.9. The lowest BCUT2D eigenvalue weighted by Gasteiger charge is -2.25. The van der Waals surface area contributed by atoms with E-state index in [1.807, 2.05) is 13.8 Å². The summed E-state index contributed by atoms with van der Waals surface area (Å²) in [4.78, 5) is 56.0. The first-order chi connectivity index (χ1) is 22.3. The summed E-state index contributed by atoms with van der Waals surface area (Å²) >= 11 is 0. The number of benzene rings is 4. The number of aromatic hydroxyl groups is 1. The van der Waals surface area contributed by atoms with Gasteiger partial charge in [-0.15, -0.1) is 0 Å². The van der Waals surface area contributed by atoms with E-state index in [1.54, 1.807) is 36.4 Å². The van der Waals surface area contributed by atoms with Gasteiger partial charge in [-0.2, -0.15) is 4.89 Å². The number of hydrogen-bond donors (Lipinski definition) is 3. The van der Waals surface area contributed by atoms with Crippen molar-refractivity contribution in [3.05, 3.63) is 117 Å². The second-order valence-corrected chi connectivity index (χ2v) is 10.9. The molecule has 4 rings (SSSR count). The van der Waals surface area contributed by atoms with Crippen LogP contribution >= 0.6 is 0 Å². The minimum absolute atomic E-state index is 0.0964. The lowest BCUT2D eigenvalue weighted by molar-refractivity contribution is -0.384. The van der Waals surface area contributed by atoms with Gasteiger partial charge in [0.15, 0.2) is 5.75 Å². The van der Waals surface area contributed by atoms with Crippen molar-refractivity contribution in [2.45, 2.75) is 20.5 Å². The van der Waals surface area contributed by atoms with Crippen LogP contribution in [0.4, 0.5) is 5.69 Å². The smallest absolute Gasteiger partial charge is 0.344 e. The molecule has 0 aliphatic rings. The van der Waals surface area contributed by atoms with Crippen molar-refractivity contribution in [1.82, 2.24) is 0 Å². The number of ether oxygens (including phenoxy) is 3. The average molecular weight is 648 g/mol. The van der Waals surface area contributed by atoms with Gasteiger partial charge in [-0.05, 0) is 72.3 Å². The van der Waals surface area contributed by atoms with E-state index in [1.165, 1.54) is 24.3 Å². The Bertz CT molecular complexity index is 1770. The summed E-state index contributed by atoms with van der Waals surface area (Å²) in [5.74, 6) is -2.36. The third-order valence-corrected chi connectivity index (χ3v) is 6.47. The lowest BCUT2D eigenvalue weighted by atomic mass is 9.96. The zero-order valence-corrected chi connectivity index (χ0v) is 25.1. The maximum Gasteiger partial charge on any atom is 0.344 e. The number of non-ortho nitro benzene ring substituents is 1. The number of hydrogen-bond acceptors (Lipinski definition) is 11. The van der Waals surface area contributed by atoms with Crippen LogP contribution in [-0.4, -0.2) is 51.4 Å². The number of phenolic OH excluding ortho intramolecular Hbond substituents is 1. The van der Waals surface area contributed by atoms with Crippen LogP contribution in [0.25, 0.3) is 0 Å². The molecule has 0 atom stereocenters. The first kappa shape index (κ1) is 33.7. The van der Waals surface area contributed by atoms with Crippen LogP contribution in [0.3, 0.4) is 0 Å². The number of carboxylic acids is 2. The maximum atomic E-state index is 12.6. The summed E-state index contributed by atoms with van der Waals surface area (Å²) in [5.41, 5.74) is -1.55. The summed E-state index contributed by atoms with van der Waals surface area (Å²) in [6, 6.07) is 19.4. The van der Waals surface area contributed by atoms with Gasteiger partial charge < -0.3 is 34.4 Å². The van der Waals surface area contributed by atoms with Crippen molar-refractivity contribution in [1.29, 1.82) is 0 Å². The molecule has 244 valence electrons. The van der Waals surface area contributed by atoms with Crippen molar-refractivity contribution in [2.24, 2.45) is 5.41 Å². The summed E-state index contributed by atoms with van der Waals surface area (Å²) in [5, 5.41) is 39.1. The molecule has 0 unspecified atom stereocenters. The summed E-state index contributed by atoms with van der Waals surface area (Å²) in [6.45, 7) is 4.28. The first-order valence-electron chi connectivity index (χ1n) is 13.9. The highest BCUT2D eigenvalue weighted by Gasteiger charge is 2.23. The summed E-state index contributed by atoms with van der Waals surface area (Å²) in [6.07, 6.45) is 0. The van der Waals surface area contributed by atoms with Crippen LogP contribution in [0.2, 0.25) is 0 Å². The molecule has 14 nitrogen and oxygen atoms in total. The summed E-state index contributed by atoms with van der Waals surface area (Å²) < 4.78 is 17.0. The highest BCUT2D eigenvalue weighted by Crippen LogP contribution is 2.26. The number of nitro groups is 1. The molecule has 0 bridgehead atoms. The van der Waals surface area contributed by atoms with Gasteiger partial charge in [-0.25, -0.2) is 14.4 Å². The highest BCUT2D eigenvalue weighted by molar-refractivity contribution is 6.03. The van der Waals surface area contributed by atoms with Crippen molar-refractivity contribution in [3.8, 4) is 28.7 Å². The monoisotopic (exact) mass is 647 g/mol. The van der Waals surface area contributed by atoms with Gasteiger partial charge in [0.2, 0.25) is 0 Å². The van der Waals surface area contributed by atoms with E-state index in [4.69, 9.17) is 24.0 Å². The standard InChI is InChI=1S/C33H29NO13/c1-33(2,19-44-24-8-12-26(13-9-24)47-45-17-20-3-5-22(35)16-28(20)30(36)37)18-43-23-6-10-25(11-7-23)46-32(40)27-14-4-21(34(41)42)15-29(27)31(38)39/h3-16,35H,17-19H2,1-2H3,(H,36,37)(H,38,39). The molecule has 14 heteroatoms. The largest absolute Gasteiger partial charge is 0.508 e. The molecule has 47 heavy (non-hydrogen) atoms. The van der Waals surface area contributed by atoms with E-state index in [9.17, 15) is 39.8 Å². The molecule has 4 aromatic carbocycles. The van der Waals surface area contributed by atoms with E-state index in [2.05, 4.69) is 0 Å². The molecule has 0 heterocycles. The fourth-order valence-corrected chi connectivity index (χ4v) is 4.01. The van der Waals surface area contributed by atoms with Gasteiger partial charge in [0.25, 0.3) is 5.69 Å². The molecule has 3 N–H and O–H groups in total. The molecular weight excluding hydrogens is 618 g/mol. The van der Waals surface area contributed by atoms with Crippen molar-refractivity contribution in [2.75, 3.05) is 13.2 Å². The Morgan fingerprint density at radius 1 is 0.723 bits per heavy atom. The van der Waals surface area contributed by atoms with E-state index in [-0.39, 0.29) is 35.8 Å². The Labute approximate surface area is 267 Å². The predicted octanol–water partition coefficient (Wildman–Crippen LogP) is 5.91. The van der Waals surface area contributed by atoms with Crippen LogP contribution in [0.15, 0.2) is 84.9 Å². The molecule has 0 spiro atoms. The quantitative estimate of drug-likeness (QED) is 0.0452. The van der Waals surface area contributed by atoms with Gasteiger partial charge in [-0.1, -0.05) is 19.9 Å². The molecule has 0 amide bonds. The molecule has 0 fully saturated rings. The molecule has 0 saturated heterocycles.